The number of esters is 2. The summed E-state index contributed by atoms with van der Waals surface area (Å²) in [7, 11) is 0. The molecule has 2 aromatic carbocycles. The molecule has 0 fully saturated rings. The lowest BCUT2D eigenvalue weighted by molar-refractivity contribution is -0.274. The second-order valence-corrected chi connectivity index (χ2v) is 5.80. The van der Waals surface area contributed by atoms with Crippen LogP contribution in [0.15, 0.2) is 48.5 Å². The zero-order valence-corrected chi connectivity index (χ0v) is 15.1. The van der Waals surface area contributed by atoms with Crippen LogP contribution in [0.3, 0.4) is 0 Å². The van der Waals surface area contributed by atoms with E-state index in [-0.39, 0.29) is 30.1 Å². The first-order valence-corrected chi connectivity index (χ1v) is 8.58. The Bertz CT molecular complexity index is 800. The molecule has 150 valence electrons. The zero-order valence-electron chi connectivity index (χ0n) is 15.1. The average molecular weight is 396 g/mol. The molecule has 28 heavy (non-hydrogen) atoms. The molecule has 0 bridgehead atoms. The molecule has 2 rings (SSSR count). The van der Waals surface area contributed by atoms with Gasteiger partial charge in [-0.1, -0.05) is 37.6 Å². The molecule has 0 atom stereocenters. The zero-order chi connectivity index (χ0) is 20.6. The third-order valence-electron chi connectivity index (χ3n) is 3.62. The second-order valence-electron chi connectivity index (χ2n) is 5.80. The third-order valence-corrected chi connectivity index (χ3v) is 3.62. The summed E-state index contributed by atoms with van der Waals surface area (Å²) in [6.45, 7) is 2.04. The smallest absolute Gasteiger partial charge is 0.462 e. The van der Waals surface area contributed by atoms with Crippen molar-refractivity contribution in [3.63, 3.8) is 0 Å². The Morgan fingerprint density at radius 2 is 1.46 bits per heavy atom. The topological polar surface area (TPSA) is 61.8 Å². The fourth-order valence-corrected chi connectivity index (χ4v) is 2.24. The first kappa shape index (κ1) is 21.3. The van der Waals surface area contributed by atoms with Gasteiger partial charge in [0.1, 0.15) is 12.4 Å². The summed E-state index contributed by atoms with van der Waals surface area (Å²) in [5.41, 5.74) is 0.615. The summed E-state index contributed by atoms with van der Waals surface area (Å²) in [6, 6.07) is 11.0. The minimum absolute atomic E-state index is 0.0565. The fourth-order valence-electron chi connectivity index (χ4n) is 2.24. The summed E-state index contributed by atoms with van der Waals surface area (Å²) < 4.78 is 50.5. The Kier molecular flexibility index (Phi) is 7.43. The van der Waals surface area contributed by atoms with E-state index in [1.165, 1.54) is 24.3 Å². The molecule has 0 N–H and O–H groups in total. The first-order valence-electron chi connectivity index (χ1n) is 8.58. The number of hydrogen-bond donors (Lipinski definition) is 0. The summed E-state index contributed by atoms with van der Waals surface area (Å²) in [5, 5.41) is 0. The molecule has 0 aliphatic rings. The Morgan fingerprint density at radius 1 is 0.893 bits per heavy atom. The van der Waals surface area contributed by atoms with E-state index in [2.05, 4.69) is 4.74 Å². The molecule has 0 saturated heterocycles. The van der Waals surface area contributed by atoms with Crippen LogP contribution >= 0.6 is 0 Å². The largest absolute Gasteiger partial charge is 0.573 e. The lowest BCUT2D eigenvalue weighted by Gasteiger charge is -2.11. The van der Waals surface area contributed by atoms with Gasteiger partial charge in [-0.05, 0) is 36.2 Å². The fraction of sp³-hybridized carbons (Fsp3) is 0.300. The van der Waals surface area contributed by atoms with Gasteiger partial charge in [0.05, 0.1) is 17.7 Å². The number of carbonyl (C=O) groups is 2. The van der Waals surface area contributed by atoms with Gasteiger partial charge in [0.25, 0.3) is 0 Å². The maximum atomic E-state index is 12.3. The van der Waals surface area contributed by atoms with E-state index in [1.54, 1.807) is 12.1 Å². The molecule has 0 amide bonds. The van der Waals surface area contributed by atoms with E-state index in [4.69, 9.17) is 9.47 Å². The summed E-state index contributed by atoms with van der Waals surface area (Å²) in [6.07, 6.45) is -3.19. The lowest BCUT2D eigenvalue weighted by atomic mass is 10.1. The van der Waals surface area contributed by atoms with Crippen molar-refractivity contribution in [1.82, 2.24) is 0 Å². The monoisotopic (exact) mass is 396 g/mol. The lowest BCUT2D eigenvalue weighted by Crippen LogP contribution is -2.17. The second kappa shape index (κ2) is 9.77. The normalized spacial score (nSPS) is 11.0. The van der Waals surface area contributed by atoms with E-state index in [1.807, 2.05) is 6.92 Å². The predicted octanol–water partition coefficient (Wildman–Crippen LogP) is 4.90. The number of unbranched alkanes of at least 4 members (excludes halogenated alkanes) is 1. The number of halogens is 3. The minimum Gasteiger partial charge on any atom is -0.462 e. The Morgan fingerprint density at radius 3 is 2.00 bits per heavy atom. The van der Waals surface area contributed by atoms with E-state index >= 15 is 0 Å². The average Bonchev–Trinajstić information content (AvgIpc) is 2.66. The van der Waals surface area contributed by atoms with Crippen molar-refractivity contribution < 1.29 is 37.0 Å². The summed E-state index contributed by atoms with van der Waals surface area (Å²) in [5.74, 6) is -1.73. The Hall–Kier alpha value is -3.03. The van der Waals surface area contributed by atoms with Crippen LogP contribution in [0.25, 0.3) is 0 Å². The van der Waals surface area contributed by atoms with Crippen molar-refractivity contribution in [2.24, 2.45) is 0 Å². The van der Waals surface area contributed by atoms with Crippen LogP contribution in [0.5, 0.6) is 5.75 Å². The van der Waals surface area contributed by atoms with E-state index in [0.29, 0.717) is 12.0 Å². The van der Waals surface area contributed by atoms with Crippen molar-refractivity contribution in [2.75, 3.05) is 6.61 Å². The number of benzene rings is 2. The van der Waals surface area contributed by atoms with E-state index < -0.39 is 18.3 Å². The van der Waals surface area contributed by atoms with Gasteiger partial charge in [-0.15, -0.1) is 13.2 Å². The number of ether oxygens (including phenoxy) is 3. The van der Waals surface area contributed by atoms with Gasteiger partial charge < -0.3 is 14.2 Å². The van der Waals surface area contributed by atoms with Crippen LogP contribution in [0.1, 0.15) is 46.0 Å². The SMILES string of the molecule is CCCCOC(=O)c1ccccc1C(=O)OCc1ccc(OC(F)(F)F)cc1. The highest BCUT2D eigenvalue weighted by Crippen LogP contribution is 2.23. The van der Waals surface area contributed by atoms with Crippen LogP contribution in [-0.2, 0) is 16.1 Å². The molecule has 0 heterocycles. The number of hydrogen-bond acceptors (Lipinski definition) is 5. The Balaban J connectivity index is 1.99. The van der Waals surface area contributed by atoms with Crippen molar-refractivity contribution in [1.29, 1.82) is 0 Å². The van der Waals surface area contributed by atoms with Crippen molar-refractivity contribution in [3.8, 4) is 5.75 Å². The molecule has 0 aliphatic carbocycles. The van der Waals surface area contributed by atoms with E-state index in [0.717, 1.165) is 18.6 Å². The molecule has 8 heteroatoms. The molecule has 0 aliphatic heterocycles. The van der Waals surface area contributed by atoms with Gasteiger partial charge >= 0.3 is 18.3 Å². The van der Waals surface area contributed by atoms with Gasteiger partial charge in [0, 0.05) is 0 Å². The van der Waals surface area contributed by atoms with Gasteiger partial charge in [0.2, 0.25) is 0 Å². The van der Waals surface area contributed by atoms with Crippen molar-refractivity contribution in [3.05, 3.63) is 65.2 Å². The van der Waals surface area contributed by atoms with E-state index in [9.17, 15) is 22.8 Å². The molecule has 5 nitrogen and oxygen atoms in total. The molecule has 0 aromatic heterocycles. The minimum atomic E-state index is -4.77. The third kappa shape index (κ3) is 6.61. The highest BCUT2D eigenvalue weighted by Gasteiger charge is 2.31. The van der Waals surface area contributed by atoms with Gasteiger partial charge in [-0.3, -0.25) is 0 Å². The number of carbonyl (C=O) groups excluding carboxylic acids is 2. The molecule has 0 spiro atoms. The Labute approximate surface area is 160 Å². The standard InChI is InChI=1S/C20H19F3O5/c1-2-3-12-26-18(24)16-6-4-5-7-17(16)19(25)27-13-14-8-10-15(11-9-14)28-20(21,22)23/h4-11H,2-3,12-13H2,1H3. The van der Waals surface area contributed by atoms with Crippen LogP contribution < -0.4 is 4.74 Å². The van der Waals surface area contributed by atoms with Crippen LogP contribution in [-0.4, -0.2) is 24.9 Å². The van der Waals surface area contributed by atoms with Gasteiger partial charge in [0.15, 0.2) is 0 Å². The first-order chi connectivity index (χ1) is 13.3. The number of rotatable bonds is 8. The maximum absolute atomic E-state index is 12.3. The molecular weight excluding hydrogens is 377 g/mol. The van der Waals surface area contributed by atoms with Gasteiger partial charge in [-0.25, -0.2) is 9.59 Å². The summed E-state index contributed by atoms with van der Waals surface area (Å²) >= 11 is 0. The van der Waals surface area contributed by atoms with Crippen molar-refractivity contribution in [2.45, 2.75) is 32.7 Å². The molecule has 2 aromatic rings. The quantitative estimate of drug-likeness (QED) is 0.469. The maximum Gasteiger partial charge on any atom is 0.573 e. The van der Waals surface area contributed by atoms with Crippen molar-refractivity contribution >= 4 is 11.9 Å². The molecular formula is C20H19F3O5. The molecule has 0 radical (unpaired) electrons. The van der Waals surface area contributed by atoms with Crippen LogP contribution in [0.4, 0.5) is 13.2 Å². The molecule has 0 unspecified atom stereocenters. The van der Waals surface area contributed by atoms with Gasteiger partial charge in [-0.2, -0.15) is 0 Å². The van der Waals surface area contributed by atoms with Crippen LogP contribution in [0.2, 0.25) is 0 Å². The molecule has 0 saturated carbocycles. The predicted molar refractivity (Wildman–Crippen MR) is 93.9 cm³/mol. The summed E-state index contributed by atoms with van der Waals surface area (Å²) in [4.78, 5) is 24.5. The highest BCUT2D eigenvalue weighted by molar-refractivity contribution is 6.03. The van der Waals surface area contributed by atoms with Crippen LogP contribution in [0, 0.1) is 0 Å². The highest BCUT2D eigenvalue weighted by atomic mass is 19.4. The number of alkyl halides is 3.